The van der Waals surface area contributed by atoms with Crippen LogP contribution < -0.4 is 4.65 Å². The summed E-state index contributed by atoms with van der Waals surface area (Å²) >= 11 is 0. The van der Waals surface area contributed by atoms with Gasteiger partial charge in [0.05, 0.1) is 0 Å². The van der Waals surface area contributed by atoms with Gasteiger partial charge in [-0.15, -0.1) is 0 Å². The third-order valence-corrected chi connectivity index (χ3v) is 1.30. The van der Waals surface area contributed by atoms with Gasteiger partial charge in [0.25, 0.3) is 5.95 Å². The summed E-state index contributed by atoms with van der Waals surface area (Å²) in [7, 11) is -2.06. The quantitative estimate of drug-likeness (QED) is 0.519. The molecule has 0 radical (unpaired) electrons. The number of nitrogens with zero attached hydrogens (tertiary/aromatic N) is 1. The molecule has 0 atom stereocenters. The summed E-state index contributed by atoms with van der Waals surface area (Å²) < 4.78 is 17.1. The van der Waals surface area contributed by atoms with Crippen LogP contribution in [0.2, 0.25) is 0 Å². The van der Waals surface area contributed by atoms with E-state index < -0.39 is 13.3 Å². The average molecular weight is 183 g/mol. The molecule has 0 aliphatic rings. The number of aromatic nitrogens is 1. The van der Waals surface area contributed by atoms with Gasteiger partial charge in [-0.1, -0.05) is 12.7 Å². The lowest BCUT2D eigenvalue weighted by Gasteiger charge is -2.05. The normalized spacial score (nSPS) is 9.46. The van der Waals surface area contributed by atoms with Gasteiger partial charge in [0, 0.05) is 6.20 Å². The number of hydrogen-bond acceptors (Lipinski definition) is 4. The molecule has 13 heavy (non-hydrogen) atoms. The Hall–Kier alpha value is -1.40. The smallest absolute Gasteiger partial charge is 0.508 e. The zero-order valence-electron chi connectivity index (χ0n) is 6.64. The summed E-state index contributed by atoms with van der Waals surface area (Å²) in [4.78, 5) is 3.32. The lowest BCUT2D eigenvalue weighted by atomic mass is 10.2. The Labute approximate surface area is 74.5 Å². The summed E-state index contributed by atoms with van der Waals surface area (Å²) in [6, 6.07) is 1.26. The molecule has 1 aromatic rings. The summed E-state index contributed by atoms with van der Waals surface area (Å²) in [5.41, 5.74) is 0.525. The molecule has 0 saturated carbocycles. The monoisotopic (exact) mass is 183 g/mol. The van der Waals surface area contributed by atoms with Crippen molar-refractivity contribution in [3.05, 3.63) is 30.4 Å². The molecule has 0 bridgehead atoms. The average Bonchev–Trinajstić information content (AvgIpc) is 2.08. The van der Waals surface area contributed by atoms with Crippen LogP contribution in [0.5, 0.6) is 5.75 Å². The van der Waals surface area contributed by atoms with Crippen molar-refractivity contribution in [2.24, 2.45) is 0 Å². The first-order chi connectivity index (χ1) is 6.13. The molecule has 0 aliphatic carbocycles. The summed E-state index contributed by atoms with van der Waals surface area (Å²) in [6.07, 6.45) is 2.68. The van der Waals surface area contributed by atoms with Gasteiger partial charge < -0.3 is 14.7 Å². The van der Waals surface area contributed by atoms with Crippen molar-refractivity contribution < 1.29 is 19.1 Å². The van der Waals surface area contributed by atoms with E-state index in [9.17, 15) is 4.39 Å². The maximum atomic E-state index is 12.8. The maximum absolute atomic E-state index is 12.8. The van der Waals surface area contributed by atoms with E-state index in [0.29, 0.717) is 5.56 Å². The molecule has 1 heterocycles. The van der Waals surface area contributed by atoms with E-state index in [1.165, 1.54) is 18.3 Å². The van der Waals surface area contributed by atoms with Crippen molar-refractivity contribution in [3.8, 4) is 5.75 Å². The van der Waals surface area contributed by atoms with Crippen molar-refractivity contribution in [1.29, 1.82) is 0 Å². The molecule has 0 spiro atoms. The highest BCUT2D eigenvalue weighted by Gasteiger charge is 2.15. The standard InChI is InChI=1S/C7H7BFNO3/c1-2-5-3-6(13-8(11)12)7(9)10-4-5/h2-4,11-12H,1H2. The summed E-state index contributed by atoms with van der Waals surface area (Å²) in [5, 5.41) is 16.8. The van der Waals surface area contributed by atoms with Gasteiger partial charge in [-0.05, 0) is 11.6 Å². The number of rotatable bonds is 3. The predicted molar refractivity (Wildman–Crippen MR) is 45.1 cm³/mol. The zero-order valence-corrected chi connectivity index (χ0v) is 6.64. The van der Waals surface area contributed by atoms with Crippen LogP contribution in [0.25, 0.3) is 6.08 Å². The van der Waals surface area contributed by atoms with Crippen LogP contribution >= 0.6 is 0 Å². The highest BCUT2D eigenvalue weighted by Crippen LogP contribution is 2.16. The summed E-state index contributed by atoms with van der Waals surface area (Å²) in [5.74, 6) is -1.23. The Balaban J connectivity index is 2.96. The van der Waals surface area contributed by atoms with E-state index in [1.54, 1.807) is 0 Å². The van der Waals surface area contributed by atoms with E-state index in [4.69, 9.17) is 10.0 Å². The summed E-state index contributed by atoms with van der Waals surface area (Å²) in [6.45, 7) is 3.44. The minimum Gasteiger partial charge on any atom is -0.508 e. The second kappa shape index (κ2) is 4.02. The Morgan fingerprint density at radius 1 is 1.62 bits per heavy atom. The van der Waals surface area contributed by atoms with Gasteiger partial charge in [0.2, 0.25) is 0 Å². The van der Waals surface area contributed by atoms with E-state index in [1.807, 2.05) is 0 Å². The molecule has 1 rings (SSSR count). The third kappa shape index (κ3) is 2.53. The van der Waals surface area contributed by atoms with E-state index in [0.717, 1.165) is 0 Å². The minimum absolute atomic E-state index is 0.326. The first kappa shape index (κ1) is 9.69. The molecule has 0 aliphatic heterocycles. The lowest BCUT2D eigenvalue weighted by molar-refractivity contribution is 0.280. The topological polar surface area (TPSA) is 62.6 Å². The highest BCUT2D eigenvalue weighted by atomic mass is 19.1. The van der Waals surface area contributed by atoms with E-state index >= 15 is 0 Å². The van der Waals surface area contributed by atoms with Gasteiger partial charge in [-0.3, -0.25) is 0 Å². The van der Waals surface area contributed by atoms with Crippen molar-refractivity contribution in [3.63, 3.8) is 0 Å². The molecule has 0 fully saturated rings. The molecule has 1 aromatic heterocycles. The Bertz CT molecular complexity index is 319. The molecular formula is C7H7BFNO3. The van der Waals surface area contributed by atoms with E-state index in [-0.39, 0.29) is 5.75 Å². The Kier molecular flexibility index (Phi) is 3.00. The zero-order chi connectivity index (χ0) is 9.84. The van der Waals surface area contributed by atoms with Crippen LogP contribution in [0, 0.1) is 5.95 Å². The molecule has 6 heteroatoms. The molecule has 0 amide bonds. The fraction of sp³-hybridized carbons (Fsp3) is 0. The van der Waals surface area contributed by atoms with Gasteiger partial charge >= 0.3 is 7.32 Å². The van der Waals surface area contributed by atoms with Gasteiger partial charge in [-0.2, -0.15) is 4.39 Å². The van der Waals surface area contributed by atoms with Gasteiger partial charge in [-0.25, -0.2) is 4.98 Å². The van der Waals surface area contributed by atoms with Crippen molar-refractivity contribution >= 4 is 13.4 Å². The SMILES string of the molecule is C=Cc1cnc(F)c(OB(O)O)c1. The second-order valence-corrected chi connectivity index (χ2v) is 2.21. The van der Waals surface area contributed by atoms with Gasteiger partial charge in [0.15, 0.2) is 5.75 Å². The van der Waals surface area contributed by atoms with Crippen LogP contribution in [-0.4, -0.2) is 22.4 Å². The highest BCUT2D eigenvalue weighted by molar-refractivity contribution is 6.33. The van der Waals surface area contributed by atoms with Crippen molar-refractivity contribution in [1.82, 2.24) is 4.98 Å². The van der Waals surface area contributed by atoms with Crippen LogP contribution in [0.15, 0.2) is 18.8 Å². The first-order valence-electron chi connectivity index (χ1n) is 3.44. The molecule has 0 saturated heterocycles. The van der Waals surface area contributed by atoms with Crippen molar-refractivity contribution in [2.75, 3.05) is 0 Å². The molecule has 2 N–H and O–H groups in total. The van der Waals surface area contributed by atoms with Gasteiger partial charge in [0.1, 0.15) is 0 Å². The molecule has 0 aromatic carbocycles. The maximum Gasteiger partial charge on any atom is 0.707 e. The van der Waals surface area contributed by atoms with Crippen LogP contribution in [-0.2, 0) is 0 Å². The minimum atomic E-state index is -2.06. The third-order valence-electron chi connectivity index (χ3n) is 1.30. The van der Waals surface area contributed by atoms with E-state index in [2.05, 4.69) is 16.2 Å². The number of hydrogen-bond donors (Lipinski definition) is 2. The number of pyridine rings is 1. The predicted octanol–water partition coefficient (Wildman–Crippen LogP) is 0.212. The fourth-order valence-corrected chi connectivity index (χ4v) is 0.751. The van der Waals surface area contributed by atoms with Crippen LogP contribution in [0.4, 0.5) is 4.39 Å². The second-order valence-electron chi connectivity index (χ2n) is 2.21. The fourth-order valence-electron chi connectivity index (χ4n) is 0.751. The molecular weight excluding hydrogens is 176 g/mol. The van der Waals surface area contributed by atoms with Crippen LogP contribution in [0.1, 0.15) is 5.56 Å². The van der Waals surface area contributed by atoms with Crippen LogP contribution in [0.3, 0.4) is 0 Å². The largest absolute Gasteiger partial charge is 0.707 e. The number of halogens is 1. The lowest BCUT2D eigenvalue weighted by Crippen LogP contribution is -2.21. The molecule has 4 nitrogen and oxygen atoms in total. The Morgan fingerprint density at radius 2 is 2.31 bits per heavy atom. The first-order valence-corrected chi connectivity index (χ1v) is 3.44. The molecule has 0 unspecified atom stereocenters. The molecule has 68 valence electrons. The van der Waals surface area contributed by atoms with Crippen molar-refractivity contribution in [2.45, 2.75) is 0 Å². The Morgan fingerprint density at radius 3 is 2.85 bits per heavy atom.